The molecule has 3 aromatic rings. The number of rotatable bonds is 3. The van der Waals surface area contributed by atoms with Crippen LogP contribution in [0.3, 0.4) is 0 Å². The number of nitrogens with one attached hydrogen (secondary N) is 1. The van der Waals surface area contributed by atoms with Crippen molar-refractivity contribution in [2.75, 3.05) is 36.4 Å². The third kappa shape index (κ3) is 4.14. The number of benzene rings is 2. The monoisotopic (exact) mass is 396 g/mol. The minimum Gasteiger partial charge on any atom is -0.345 e. The molecule has 1 aliphatic rings. The highest BCUT2D eigenvalue weighted by Gasteiger charge is 2.23. The smallest absolute Gasteiger partial charge is 0.321 e. The zero-order valence-corrected chi connectivity index (χ0v) is 16.4. The van der Waals surface area contributed by atoms with Gasteiger partial charge >= 0.3 is 6.03 Å². The van der Waals surface area contributed by atoms with Crippen LogP contribution in [0.5, 0.6) is 0 Å². The van der Waals surface area contributed by atoms with E-state index in [0.29, 0.717) is 18.8 Å². The Morgan fingerprint density at radius 3 is 2.57 bits per heavy atom. The van der Waals surface area contributed by atoms with E-state index < -0.39 is 0 Å². The molecule has 4 rings (SSSR count). The molecule has 0 spiro atoms. The molecule has 0 atom stereocenters. The van der Waals surface area contributed by atoms with Crippen molar-refractivity contribution < 1.29 is 9.18 Å². The number of hydrogen-bond acceptors (Lipinski definition) is 4. The molecule has 0 aliphatic carbocycles. The Morgan fingerprint density at radius 2 is 1.86 bits per heavy atom. The molecule has 7 heteroatoms. The number of halogens is 1. The summed E-state index contributed by atoms with van der Waals surface area (Å²) in [5.41, 5.74) is 3.79. The largest absolute Gasteiger partial charge is 0.345 e. The lowest BCUT2D eigenvalue weighted by atomic mass is 10.1. The number of nitrogens with zero attached hydrogens (tertiary/aromatic N) is 3. The fourth-order valence-corrected chi connectivity index (χ4v) is 4.02. The average Bonchev–Trinajstić information content (AvgIpc) is 3.19. The van der Waals surface area contributed by atoms with E-state index in [4.69, 9.17) is 4.98 Å². The van der Waals surface area contributed by atoms with Gasteiger partial charge < -0.3 is 15.1 Å². The maximum absolute atomic E-state index is 13.3. The first kappa shape index (κ1) is 18.4. The van der Waals surface area contributed by atoms with Crippen molar-refractivity contribution in [2.45, 2.75) is 6.92 Å². The van der Waals surface area contributed by atoms with Crippen LogP contribution in [0, 0.1) is 12.7 Å². The van der Waals surface area contributed by atoms with Crippen LogP contribution >= 0.6 is 11.3 Å². The van der Waals surface area contributed by atoms with Crippen LogP contribution in [0.25, 0.3) is 11.3 Å². The van der Waals surface area contributed by atoms with Crippen molar-refractivity contribution in [1.29, 1.82) is 0 Å². The number of anilines is 2. The second kappa shape index (κ2) is 7.98. The van der Waals surface area contributed by atoms with Gasteiger partial charge in [-0.3, -0.25) is 0 Å². The van der Waals surface area contributed by atoms with E-state index >= 15 is 0 Å². The summed E-state index contributed by atoms with van der Waals surface area (Å²) in [7, 11) is 0. The Kier molecular flexibility index (Phi) is 5.25. The molecule has 2 amide bonds. The number of amides is 2. The predicted octanol–water partition coefficient (Wildman–Crippen LogP) is 4.61. The number of piperazine rings is 1. The number of aryl methyl sites for hydroxylation is 1. The predicted molar refractivity (Wildman–Crippen MR) is 111 cm³/mol. The highest BCUT2D eigenvalue weighted by atomic mass is 32.1. The van der Waals surface area contributed by atoms with Crippen LogP contribution in [0.15, 0.2) is 53.9 Å². The molecule has 0 saturated carbocycles. The van der Waals surface area contributed by atoms with Gasteiger partial charge in [-0.2, -0.15) is 0 Å². The van der Waals surface area contributed by atoms with Crippen LogP contribution in [0.2, 0.25) is 0 Å². The normalized spacial score (nSPS) is 14.2. The molecule has 0 bridgehead atoms. The van der Waals surface area contributed by atoms with Gasteiger partial charge in [-0.1, -0.05) is 35.9 Å². The van der Waals surface area contributed by atoms with Crippen molar-refractivity contribution >= 4 is 28.2 Å². The quantitative estimate of drug-likeness (QED) is 0.703. The number of carbonyl (C=O) groups excluding carboxylic acids is 1. The molecule has 1 saturated heterocycles. The van der Waals surface area contributed by atoms with Gasteiger partial charge in [0.25, 0.3) is 0 Å². The summed E-state index contributed by atoms with van der Waals surface area (Å²) >= 11 is 1.62. The first-order valence-corrected chi connectivity index (χ1v) is 10.1. The van der Waals surface area contributed by atoms with E-state index in [2.05, 4.69) is 46.8 Å². The Bertz CT molecular complexity index is 965. The molecule has 0 unspecified atom stereocenters. The van der Waals surface area contributed by atoms with Crippen LogP contribution in [0.4, 0.5) is 20.0 Å². The molecular weight excluding hydrogens is 375 g/mol. The van der Waals surface area contributed by atoms with Gasteiger partial charge in [0.1, 0.15) is 5.82 Å². The van der Waals surface area contributed by atoms with Gasteiger partial charge in [-0.05, 0) is 25.1 Å². The molecule has 5 nitrogen and oxygen atoms in total. The summed E-state index contributed by atoms with van der Waals surface area (Å²) in [5, 5.41) is 5.80. The maximum Gasteiger partial charge on any atom is 0.321 e. The summed E-state index contributed by atoms with van der Waals surface area (Å²) in [5.74, 6) is -0.365. The third-order valence-electron chi connectivity index (χ3n) is 4.75. The van der Waals surface area contributed by atoms with E-state index in [1.165, 1.54) is 17.7 Å². The van der Waals surface area contributed by atoms with E-state index in [-0.39, 0.29) is 11.8 Å². The molecule has 2 heterocycles. The summed E-state index contributed by atoms with van der Waals surface area (Å²) in [6, 6.07) is 14.1. The molecule has 1 aliphatic heterocycles. The Labute approximate surface area is 167 Å². The Morgan fingerprint density at radius 1 is 1.11 bits per heavy atom. The SMILES string of the molecule is Cc1ccc(-c2csc(N3CCN(C(=O)Nc4cccc(F)c4)CC3)n2)cc1. The first-order chi connectivity index (χ1) is 13.6. The van der Waals surface area contributed by atoms with Crippen LogP contribution in [-0.4, -0.2) is 42.1 Å². The molecule has 2 aromatic carbocycles. The van der Waals surface area contributed by atoms with E-state index in [1.807, 2.05) is 0 Å². The summed E-state index contributed by atoms with van der Waals surface area (Å²) in [6.45, 7) is 4.70. The van der Waals surface area contributed by atoms with Crippen molar-refractivity contribution in [3.63, 3.8) is 0 Å². The molecule has 28 heavy (non-hydrogen) atoms. The summed E-state index contributed by atoms with van der Waals surface area (Å²) in [6.07, 6.45) is 0. The number of urea groups is 1. The van der Waals surface area contributed by atoms with Gasteiger partial charge in [0.2, 0.25) is 0 Å². The second-order valence-electron chi connectivity index (χ2n) is 6.80. The van der Waals surface area contributed by atoms with Gasteiger partial charge in [-0.15, -0.1) is 11.3 Å². The van der Waals surface area contributed by atoms with Gasteiger partial charge in [0.05, 0.1) is 5.69 Å². The molecule has 0 radical (unpaired) electrons. The zero-order chi connectivity index (χ0) is 19.5. The Hall–Kier alpha value is -2.93. The highest BCUT2D eigenvalue weighted by Crippen LogP contribution is 2.28. The lowest BCUT2D eigenvalue weighted by Crippen LogP contribution is -2.50. The molecular formula is C21H21FN4OS. The lowest BCUT2D eigenvalue weighted by Gasteiger charge is -2.34. The van der Waals surface area contributed by atoms with Gasteiger partial charge in [-0.25, -0.2) is 14.2 Å². The molecule has 1 fully saturated rings. The van der Waals surface area contributed by atoms with Gasteiger partial charge in [0, 0.05) is 42.8 Å². The number of carbonyl (C=O) groups is 1. The highest BCUT2D eigenvalue weighted by molar-refractivity contribution is 7.14. The summed E-state index contributed by atoms with van der Waals surface area (Å²) in [4.78, 5) is 21.1. The van der Waals surface area contributed by atoms with E-state index in [9.17, 15) is 9.18 Å². The third-order valence-corrected chi connectivity index (χ3v) is 5.65. The van der Waals surface area contributed by atoms with Crippen molar-refractivity contribution in [1.82, 2.24) is 9.88 Å². The van der Waals surface area contributed by atoms with Crippen molar-refractivity contribution in [3.8, 4) is 11.3 Å². The number of hydrogen-bond donors (Lipinski definition) is 1. The fourth-order valence-electron chi connectivity index (χ4n) is 3.14. The zero-order valence-electron chi connectivity index (χ0n) is 15.6. The number of aromatic nitrogens is 1. The standard InChI is InChI=1S/C21H21FN4OS/c1-15-5-7-16(8-6-15)19-14-28-21(24-19)26-11-9-25(10-12-26)20(27)23-18-4-2-3-17(22)13-18/h2-8,13-14H,9-12H2,1H3,(H,23,27). The van der Waals surface area contributed by atoms with Crippen LogP contribution in [-0.2, 0) is 0 Å². The summed E-state index contributed by atoms with van der Waals surface area (Å²) < 4.78 is 13.3. The van der Waals surface area contributed by atoms with Crippen molar-refractivity contribution in [3.05, 3.63) is 65.3 Å². The lowest BCUT2D eigenvalue weighted by molar-refractivity contribution is 0.208. The number of thiazole rings is 1. The van der Waals surface area contributed by atoms with Crippen molar-refractivity contribution in [2.24, 2.45) is 0 Å². The van der Waals surface area contributed by atoms with E-state index in [0.717, 1.165) is 29.5 Å². The van der Waals surface area contributed by atoms with Gasteiger partial charge in [0.15, 0.2) is 5.13 Å². The second-order valence-corrected chi connectivity index (χ2v) is 7.63. The minimum atomic E-state index is -0.365. The van der Waals surface area contributed by atoms with E-state index in [1.54, 1.807) is 28.4 Å². The minimum absolute atomic E-state index is 0.204. The maximum atomic E-state index is 13.3. The first-order valence-electron chi connectivity index (χ1n) is 9.17. The van der Waals surface area contributed by atoms with Crippen LogP contribution < -0.4 is 10.2 Å². The topological polar surface area (TPSA) is 48.5 Å². The molecule has 1 N–H and O–H groups in total. The Balaban J connectivity index is 1.35. The molecule has 1 aromatic heterocycles. The average molecular weight is 396 g/mol. The fraction of sp³-hybridized carbons (Fsp3) is 0.238. The van der Waals surface area contributed by atoms with Crippen LogP contribution in [0.1, 0.15) is 5.56 Å². The molecule has 144 valence electrons.